The summed E-state index contributed by atoms with van der Waals surface area (Å²) in [5.41, 5.74) is 0. The molecule has 2 unspecified atom stereocenters. The molecule has 0 aromatic heterocycles. The van der Waals surface area contributed by atoms with Gasteiger partial charge in [-0.1, -0.05) is 144 Å². The van der Waals surface area contributed by atoms with Gasteiger partial charge in [-0.15, -0.1) is 0 Å². The highest BCUT2D eigenvalue weighted by atomic mass is 31.2. The van der Waals surface area contributed by atoms with Crippen molar-refractivity contribution >= 4 is 19.8 Å². The fourth-order valence-corrected chi connectivity index (χ4v) is 6.29. The number of esters is 2. The first-order chi connectivity index (χ1) is 28.3. The van der Waals surface area contributed by atoms with Gasteiger partial charge in [0.15, 0.2) is 6.10 Å². The average Bonchev–Trinajstić information content (AvgIpc) is 3.21. The monoisotopic (exact) mass is 832 g/mol. The van der Waals surface area contributed by atoms with Crippen molar-refractivity contribution in [3.63, 3.8) is 0 Å². The number of unbranched alkanes of at least 4 members (excludes halogenated alkanes) is 13. The molecular formula is C48H82NO8P. The lowest BCUT2D eigenvalue weighted by molar-refractivity contribution is -0.161. The lowest BCUT2D eigenvalue weighted by Crippen LogP contribution is -2.29. The molecular weight excluding hydrogens is 750 g/mol. The molecule has 0 radical (unpaired) electrons. The average molecular weight is 832 g/mol. The summed E-state index contributed by atoms with van der Waals surface area (Å²) in [5, 5.41) is 2.82. The van der Waals surface area contributed by atoms with Crippen LogP contribution in [0.2, 0.25) is 0 Å². The van der Waals surface area contributed by atoms with Crippen molar-refractivity contribution in [3.05, 3.63) is 85.1 Å². The molecule has 2 atom stereocenters. The van der Waals surface area contributed by atoms with E-state index >= 15 is 0 Å². The maximum Gasteiger partial charge on any atom is 0.472 e. The molecule has 0 aromatic rings. The van der Waals surface area contributed by atoms with E-state index in [1.165, 1.54) is 51.4 Å². The third-order valence-electron chi connectivity index (χ3n) is 8.99. The van der Waals surface area contributed by atoms with Crippen LogP contribution < -0.4 is 5.32 Å². The van der Waals surface area contributed by atoms with E-state index in [0.717, 1.165) is 77.0 Å². The molecule has 0 aromatic carbocycles. The first-order valence-electron chi connectivity index (χ1n) is 22.5. The number of allylic oxidation sites excluding steroid dienone is 14. The number of carbonyl (C=O) groups is 2. The molecule has 0 aliphatic heterocycles. The second-order valence-corrected chi connectivity index (χ2v) is 16.0. The summed E-state index contributed by atoms with van der Waals surface area (Å²) in [6.45, 7) is 4.09. The molecule has 0 saturated carbocycles. The molecule has 0 bridgehead atoms. The zero-order valence-electron chi connectivity index (χ0n) is 36.7. The Hall–Kier alpha value is -2.81. The molecule has 0 saturated heterocycles. The number of phosphoric acid groups is 1. The zero-order valence-corrected chi connectivity index (χ0v) is 37.6. The third kappa shape index (κ3) is 42.8. The number of nitrogens with one attached hydrogen (secondary N) is 1. The van der Waals surface area contributed by atoms with Crippen LogP contribution in [-0.2, 0) is 32.7 Å². The fraction of sp³-hybridized carbons (Fsp3) is 0.667. The molecule has 0 spiro atoms. The summed E-state index contributed by atoms with van der Waals surface area (Å²) < 4.78 is 33.2. The topological polar surface area (TPSA) is 120 Å². The first-order valence-corrected chi connectivity index (χ1v) is 24.0. The van der Waals surface area contributed by atoms with E-state index in [0.29, 0.717) is 19.4 Å². The number of rotatable bonds is 41. The van der Waals surface area contributed by atoms with Crippen LogP contribution in [0.1, 0.15) is 168 Å². The predicted molar refractivity (Wildman–Crippen MR) is 243 cm³/mol. The highest BCUT2D eigenvalue weighted by Gasteiger charge is 2.26. The molecule has 0 aliphatic carbocycles. The summed E-state index contributed by atoms with van der Waals surface area (Å²) in [4.78, 5) is 35.1. The van der Waals surface area contributed by atoms with E-state index in [1.807, 2.05) is 0 Å². The smallest absolute Gasteiger partial charge is 0.462 e. The summed E-state index contributed by atoms with van der Waals surface area (Å²) in [6.07, 6.45) is 53.4. The molecule has 0 aliphatic rings. The Balaban J connectivity index is 4.34. The highest BCUT2D eigenvalue weighted by Crippen LogP contribution is 2.43. The number of hydrogen-bond acceptors (Lipinski definition) is 8. The summed E-state index contributed by atoms with van der Waals surface area (Å²) in [6, 6.07) is 0. The molecule has 0 rings (SSSR count). The Labute approximate surface area is 354 Å². The van der Waals surface area contributed by atoms with Crippen molar-refractivity contribution in [2.75, 3.05) is 33.4 Å². The lowest BCUT2D eigenvalue weighted by Gasteiger charge is -2.20. The number of hydrogen-bond donors (Lipinski definition) is 2. The molecule has 10 heteroatoms. The van der Waals surface area contributed by atoms with Gasteiger partial charge < -0.3 is 19.7 Å². The van der Waals surface area contributed by atoms with Crippen LogP contribution in [0.15, 0.2) is 85.1 Å². The van der Waals surface area contributed by atoms with Crippen LogP contribution in [0.4, 0.5) is 0 Å². The van der Waals surface area contributed by atoms with Crippen molar-refractivity contribution in [1.29, 1.82) is 0 Å². The Morgan fingerprint density at radius 3 is 1.38 bits per heavy atom. The quantitative estimate of drug-likeness (QED) is 0.0268. The Morgan fingerprint density at radius 2 is 0.931 bits per heavy atom. The van der Waals surface area contributed by atoms with E-state index in [9.17, 15) is 19.0 Å². The SMILES string of the molecule is CCCCC/C=C\C/C=C\C/C=C\C/C=C\CCCCCC(=O)OC(COC(=O)CCCCCC/C=C\C/C=C\C/C=C\CCCCC)COP(=O)(O)OCCNC. The number of carbonyl (C=O) groups excluding carboxylic acids is 2. The van der Waals surface area contributed by atoms with Crippen LogP contribution in [-0.4, -0.2) is 56.3 Å². The highest BCUT2D eigenvalue weighted by molar-refractivity contribution is 7.47. The van der Waals surface area contributed by atoms with Gasteiger partial charge in [-0.05, 0) is 103 Å². The van der Waals surface area contributed by atoms with Gasteiger partial charge in [0.05, 0.1) is 13.2 Å². The minimum atomic E-state index is -4.37. The first kappa shape index (κ1) is 55.2. The fourth-order valence-electron chi connectivity index (χ4n) is 5.54. The minimum absolute atomic E-state index is 0.0320. The molecule has 58 heavy (non-hydrogen) atoms. The standard InChI is InChI=1S/C48H82NO8P/c1-4-6-8-10-12-14-16-18-20-22-23-25-27-29-31-33-35-37-39-41-48(51)57-46(45-56-58(52,53)55-43-42-49-3)44-54-47(50)40-38-36-34-32-30-28-26-24-21-19-17-15-13-11-9-7-5-2/h12-15,18-21,23,25-26,28-29,31,46,49H,4-11,16-17,22,24,27,30,32-45H2,1-3H3,(H,52,53)/b14-12-,15-13-,20-18-,21-19-,25-23-,28-26-,31-29-. The van der Waals surface area contributed by atoms with Crippen molar-refractivity contribution in [2.45, 2.75) is 174 Å². The van der Waals surface area contributed by atoms with E-state index in [-0.39, 0.29) is 26.1 Å². The Bertz CT molecular complexity index is 1220. The largest absolute Gasteiger partial charge is 0.472 e. The number of likely N-dealkylation sites (N-methyl/N-ethyl adjacent to an activating group) is 1. The molecule has 0 amide bonds. The summed E-state index contributed by atoms with van der Waals surface area (Å²) in [7, 11) is -2.68. The predicted octanol–water partition coefficient (Wildman–Crippen LogP) is 13.1. The maximum absolute atomic E-state index is 12.6. The van der Waals surface area contributed by atoms with Gasteiger partial charge in [0.2, 0.25) is 0 Å². The van der Waals surface area contributed by atoms with Crippen molar-refractivity contribution < 1.29 is 37.6 Å². The Morgan fingerprint density at radius 1 is 0.534 bits per heavy atom. The minimum Gasteiger partial charge on any atom is -0.462 e. The van der Waals surface area contributed by atoms with E-state index < -0.39 is 32.5 Å². The summed E-state index contributed by atoms with van der Waals surface area (Å²) >= 11 is 0. The van der Waals surface area contributed by atoms with Crippen molar-refractivity contribution in [3.8, 4) is 0 Å². The summed E-state index contributed by atoms with van der Waals surface area (Å²) in [5.74, 6) is -0.875. The van der Waals surface area contributed by atoms with Crippen molar-refractivity contribution in [2.24, 2.45) is 0 Å². The van der Waals surface area contributed by atoms with Crippen LogP contribution in [0.25, 0.3) is 0 Å². The van der Waals surface area contributed by atoms with Crippen LogP contribution in [0, 0.1) is 0 Å². The van der Waals surface area contributed by atoms with Crippen LogP contribution in [0.5, 0.6) is 0 Å². The van der Waals surface area contributed by atoms with Crippen molar-refractivity contribution in [1.82, 2.24) is 5.32 Å². The molecule has 2 N–H and O–H groups in total. The van der Waals surface area contributed by atoms with Gasteiger partial charge in [0.25, 0.3) is 0 Å². The molecule has 0 fully saturated rings. The normalized spacial score (nSPS) is 14.1. The second-order valence-electron chi connectivity index (χ2n) is 14.5. The Kier molecular flexibility index (Phi) is 41.6. The van der Waals surface area contributed by atoms with E-state index in [4.69, 9.17) is 18.5 Å². The molecule has 9 nitrogen and oxygen atoms in total. The lowest BCUT2D eigenvalue weighted by atomic mass is 10.1. The molecule has 0 heterocycles. The third-order valence-corrected chi connectivity index (χ3v) is 9.97. The van der Waals surface area contributed by atoms with Gasteiger partial charge in [0.1, 0.15) is 6.61 Å². The zero-order chi connectivity index (χ0) is 42.5. The molecule has 332 valence electrons. The van der Waals surface area contributed by atoms with Crippen LogP contribution in [0.3, 0.4) is 0 Å². The van der Waals surface area contributed by atoms with E-state index in [1.54, 1.807) is 7.05 Å². The van der Waals surface area contributed by atoms with Gasteiger partial charge in [-0.2, -0.15) is 0 Å². The van der Waals surface area contributed by atoms with Crippen LogP contribution >= 0.6 is 7.82 Å². The number of phosphoric ester groups is 1. The van der Waals surface area contributed by atoms with Gasteiger partial charge in [0, 0.05) is 19.4 Å². The van der Waals surface area contributed by atoms with Gasteiger partial charge >= 0.3 is 19.8 Å². The van der Waals surface area contributed by atoms with Gasteiger partial charge in [-0.25, -0.2) is 4.57 Å². The maximum atomic E-state index is 12.6. The number of ether oxygens (including phenoxy) is 2. The van der Waals surface area contributed by atoms with E-state index in [2.05, 4.69) is 104 Å². The second kappa shape index (κ2) is 43.8. The van der Waals surface area contributed by atoms with Gasteiger partial charge in [-0.3, -0.25) is 18.6 Å².